The van der Waals surface area contributed by atoms with Crippen molar-refractivity contribution in [2.75, 3.05) is 7.11 Å². The van der Waals surface area contributed by atoms with Crippen molar-refractivity contribution in [2.45, 2.75) is 38.8 Å². The second-order valence-electron chi connectivity index (χ2n) is 9.30. The molecule has 1 heterocycles. The molecule has 1 N–H and O–H groups in total. The summed E-state index contributed by atoms with van der Waals surface area (Å²) in [6.07, 6.45) is 1.27. The Hall–Kier alpha value is -4.13. The molecule has 0 aliphatic heterocycles. The molecule has 35 heavy (non-hydrogen) atoms. The van der Waals surface area contributed by atoms with Crippen LogP contribution in [0.25, 0.3) is 21.7 Å². The fourth-order valence-corrected chi connectivity index (χ4v) is 4.09. The first-order valence-electron chi connectivity index (χ1n) is 11.4. The van der Waals surface area contributed by atoms with Crippen molar-refractivity contribution in [3.63, 3.8) is 0 Å². The largest absolute Gasteiger partial charge is 0.467 e. The number of ether oxygens (including phenoxy) is 2. The highest BCUT2D eigenvalue weighted by molar-refractivity contribution is 6.08. The summed E-state index contributed by atoms with van der Waals surface area (Å²) in [5.74, 6) is -0.958. The molecule has 0 fully saturated rings. The number of methoxy groups -OCH3 is 1. The minimum atomic E-state index is -0.954. The first kappa shape index (κ1) is 24.0. The molecular weight excluding hydrogens is 444 g/mol. The minimum absolute atomic E-state index is 0.138. The van der Waals surface area contributed by atoms with E-state index < -0.39 is 23.7 Å². The van der Waals surface area contributed by atoms with Gasteiger partial charge in [0.15, 0.2) is 0 Å². The minimum Gasteiger partial charge on any atom is -0.467 e. The molecule has 0 radical (unpaired) electrons. The Kier molecular flexibility index (Phi) is 6.60. The van der Waals surface area contributed by atoms with Crippen LogP contribution in [-0.4, -0.2) is 41.3 Å². The van der Waals surface area contributed by atoms with Gasteiger partial charge in [-0.25, -0.2) is 9.59 Å². The maximum absolute atomic E-state index is 13.2. The van der Waals surface area contributed by atoms with Crippen LogP contribution in [0.2, 0.25) is 0 Å². The summed E-state index contributed by atoms with van der Waals surface area (Å²) >= 11 is 0. The van der Waals surface area contributed by atoms with Crippen molar-refractivity contribution in [1.29, 1.82) is 0 Å². The first-order valence-corrected chi connectivity index (χ1v) is 11.4. The third-order valence-corrected chi connectivity index (χ3v) is 5.63. The van der Waals surface area contributed by atoms with Gasteiger partial charge in [0, 0.05) is 23.6 Å². The number of fused-ring (bicyclic) bond motifs is 2. The third-order valence-electron chi connectivity index (χ3n) is 5.63. The lowest BCUT2D eigenvalue weighted by Gasteiger charge is -2.19. The number of carbonyl (C=O) groups excluding carboxylic acids is 3. The number of para-hydroxylation sites is 1. The molecule has 3 aromatic carbocycles. The van der Waals surface area contributed by atoms with E-state index in [0.717, 1.165) is 16.2 Å². The van der Waals surface area contributed by atoms with E-state index in [1.54, 1.807) is 39.1 Å². The first-order chi connectivity index (χ1) is 16.7. The molecule has 180 valence electrons. The van der Waals surface area contributed by atoms with Gasteiger partial charge < -0.3 is 14.8 Å². The lowest BCUT2D eigenvalue weighted by atomic mass is 10.0. The summed E-state index contributed by atoms with van der Waals surface area (Å²) in [4.78, 5) is 38.7. The highest BCUT2D eigenvalue weighted by atomic mass is 16.6. The Balaban J connectivity index is 1.67. The van der Waals surface area contributed by atoms with Crippen LogP contribution in [0.3, 0.4) is 0 Å². The van der Waals surface area contributed by atoms with E-state index in [1.165, 1.54) is 11.7 Å². The topological polar surface area (TPSA) is 86.6 Å². The van der Waals surface area contributed by atoms with Crippen LogP contribution in [0.1, 0.15) is 36.7 Å². The zero-order valence-electron chi connectivity index (χ0n) is 20.2. The summed E-state index contributed by atoms with van der Waals surface area (Å²) in [5.41, 5.74) is 1.16. The smallest absolute Gasteiger partial charge is 0.419 e. The molecule has 0 bridgehead atoms. The van der Waals surface area contributed by atoms with Crippen LogP contribution in [-0.2, 0) is 20.7 Å². The van der Waals surface area contributed by atoms with Crippen molar-refractivity contribution in [1.82, 2.24) is 9.88 Å². The van der Waals surface area contributed by atoms with Gasteiger partial charge in [0.25, 0.3) is 5.91 Å². The zero-order valence-corrected chi connectivity index (χ0v) is 20.2. The quantitative estimate of drug-likeness (QED) is 0.409. The highest BCUT2D eigenvalue weighted by Crippen LogP contribution is 2.25. The number of hydrogen-bond acceptors (Lipinski definition) is 5. The fourth-order valence-electron chi connectivity index (χ4n) is 4.09. The normalized spacial score (nSPS) is 12.3. The van der Waals surface area contributed by atoms with Gasteiger partial charge in [-0.05, 0) is 49.2 Å². The van der Waals surface area contributed by atoms with E-state index in [1.807, 2.05) is 54.6 Å². The fraction of sp³-hybridized carbons (Fsp3) is 0.250. The summed E-state index contributed by atoms with van der Waals surface area (Å²) in [7, 11) is 1.28. The number of rotatable bonds is 5. The molecule has 1 atom stereocenters. The number of aromatic nitrogens is 1. The predicted molar refractivity (Wildman–Crippen MR) is 134 cm³/mol. The van der Waals surface area contributed by atoms with Gasteiger partial charge in [-0.15, -0.1) is 0 Å². The predicted octanol–water partition coefficient (Wildman–Crippen LogP) is 5.09. The van der Waals surface area contributed by atoms with Crippen molar-refractivity contribution in [3.05, 3.63) is 84.1 Å². The Morgan fingerprint density at radius 3 is 2.29 bits per heavy atom. The van der Waals surface area contributed by atoms with Crippen LogP contribution in [0.5, 0.6) is 0 Å². The molecule has 1 amide bonds. The molecule has 7 heteroatoms. The Labute approximate surface area is 203 Å². The zero-order chi connectivity index (χ0) is 25.2. The summed E-state index contributed by atoms with van der Waals surface area (Å²) in [6.45, 7) is 5.40. The lowest BCUT2D eigenvalue weighted by Crippen LogP contribution is -2.43. The maximum Gasteiger partial charge on any atom is 0.419 e. The van der Waals surface area contributed by atoms with Gasteiger partial charge in [0.05, 0.1) is 12.6 Å². The van der Waals surface area contributed by atoms with Gasteiger partial charge in [0.2, 0.25) is 0 Å². The standard InChI is InChI=1S/C28H28N2O5/c1-28(2,3)35-27(33)30-17-19(21-13-7-8-15-24(21)30)16-23(26(32)34-4)29-25(31)22-14-9-11-18-10-5-6-12-20(18)22/h5-15,17,23H,16H2,1-4H3,(H,29,31)/t23-/m1/s1. The van der Waals surface area contributed by atoms with Gasteiger partial charge in [-0.1, -0.05) is 54.6 Å². The Morgan fingerprint density at radius 1 is 0.914 bits per heavy atom. The molecule has 7 nitrogen and oxygen atoms in total. The van der Waals surface area contributed by atoms with Crippen molar-refractivity contribution < 1.29 is 23.9 Å². The van der Waals surface area contributed by atoms with E-state index in [4.69, 9.17) is 9.47 Å². The number of nitrogens with one attached hydrogen (secondary N) is 1. The second-order valence-corrected chi connectivity index (χ2v) is 9.30. The molecule has 0 saturated heterocycles. The second kappa shape index (κ2) is 9.62. The number of esters is 1. The van der Waals surface area contributed by atoms with E-state index in [0.29, 0.717) is 16.6 Å². The summed E-state index contributed by atoms with van der Waals surface area (Å²) < 4.78 is 12.0. The lowest BCUT2D eigenvalue weighted by molar-refractivity contribution is -0.142. The molecule has 4 aromatic rings. The van der Waals surface area contributed by atoms with E-state index in [9.17, 15) is 14.4 Å². The van der Waals surface area contributed by atoms with Crippen molar-refractivity contribution >= 4 is 39.6 Å². The number of hydrogen-bond donors (Lipinski definition) is 1. The summed E-state index contributed by atoms with van der Waals surface area (Å²) in [6, 6.07) is 19.4. The third kappa shape index (κ3) is 5.19. The molecule has 1 aromatic heterocycles. The van der Waals surface area contributed by atoms with E-state index in [2.05, 4.69) is 5.32 Å². The molecule has 0 spiro atoms. The van der Waals surface area contributed by atoms with Gasteiger partial charge >= 0.3 is 12.1 Å². The van der Waals surface area contributed by atoms with Gasteiger partial charge in [-0.2, -0.15) is 0 Å². The Bertz CT molecular complexity index is 1410. The average Bonchev–Trinajstić information content (AvgIpc) is 3.20. The van der Waals surface area contributed by atoms with Gasteiger partial charge in [0.1, 0.15) is 11.6 Å². The SMILES string of the molecule is COC(=O)[C@@H](Cc1cn(C(=O)OC(C)(C)C)c2ccccc12)NC(=O)c1cccc2ccccc12. The van der Waals surface area contributed by atoms with Crippen LogP contribution in [0, 0.1) is 0 Å². The molecule has 4 rings (SSSR count). The monoisotopic (exact) mass is 472 g/mol. The van der Waals surface area contributed by atoms with Gasteiger partial charge in [-0.3, -0.25) is 9.36 Å². The van der Waals surface area contributed by atoms with Crippen LogP contribution >= 0.6 is 0 Å². The van der Waals surface area contributed by atoms with E-state index >= 15 is 0 Å². The van der Waals surface area contributed by atoms with Crippen molar-refractivity contribution in [2.24, 2.45) is 0 Å². The summed E-state index contributed by atoms with van der Waals surface area (Å²) in [5, 5.41) is 5.33. The number of benzene rings is 3. The van der Waals surface area contributed by atoms with E-state index in [-0.39, 0.29) is 12.3 Å². The molecular formula is C28H28N2O5. The number of carbonyl (C=O) groups is 3. The molecule has 0 unspecified atom stereocenters. The van der Waals surface area contributed by atoms with Crippen LogP contribution in [0.15, 0.2) is 72.9 Å². The number of nitrogens with zero attached hydrogens (tertiary/aromatic N) is 1. The highest BCUT2D eigenvalue weighted by Gasteiger charge is 2.27. The maximum atomic E-state index is 13.2. The molecule has 0 aliphatic carbocycles. The van der Waals surface area contributed by atoms with Crippen molar-refractivity contribution in [3.8, 4) is 0 Å². The van der Waals surface area contributed by atoms with Crippen LogP contribution in [0.4, 0.5) is 4.79 Å². The molecule has 0 saturated carbocycles. The average molecular weight is 473 g/mol. The number of amides is 1. The molecule has 0 aliphatic rings. The Morgan fingerprint density at radius 2 is 1.57 bits per heavy atom. The van der Waals surface area contributed by atoms with Crippen LogP contribution < -0.4 is 5.32 Å².